The zero-order valence-electron chi connectivity index (χ0n) is 10.2. The average molecular weight is 285 g/mol. The van der Waals surface area contributed by atoms with Crippen molar-refractivity contribution in [1.29, 1.82) is 0 Å². The van der Waals surface area contributed by atoms with Gasteiger partial charge in [-0.3, -0.25) is 0 Å². The van der Waals surface area contributed by atoms with Crippen LogP contribution in [0.15, 0.2) is 23.0 Å². The van der Waals surface area contributed by atoms with Gasteiger partial charge in [-0.05, 0) is 19.0 Å². The Morgan fingerprint density at radius 1 is 1.20 bits per heavy atom. The van der Waals surface area contributed by atoms with Crippen LogP contribution in [0.4, 0.5) is 13.2 Å². The Balaban J connectivity index is 2.01. The van der Waals surface area contributed by atoms with Gasteiger partial charge in [0.15, 0.2) is 5.41 Å². The van der Waals surface area contributed by atoms with Crippen LogP contribution in [0.25, 0.3) is 11.6 Å². The number of hydrogen-bond acceptors (Lipinski definition) is 6. The lowest BCUT2D eigenvalue weighted by molar-refractivity contribution is -0.191. The predicted molar refractivity (Wildman–Crippen MR) is 60.5 cm³/mol. The first-order valence-electron chi connectivity index (χ1n) is 5.92. The number of nitrogens with one attached hydrogen (secondary N) is 1. The van der Waals surface area contributed by atoms with E-state index in [0.29, 0.717) is 0 Å². The van der Waals surface area contributed by atoms with E-state index in [0.717, 1.165) is 0 Å². The number of alkyl halides is 3. The lowest BCUT2D eigenvalue weighted by Gasteiger charge is -2.26. The van der Waals surface area contributed by atoms with E-state index in [1.54, 1.807) is 6.07 Å². The highest BCUT2D eigenvalue weighted by molar-refractivity contribution is 5.41. The zero-order chi connectivity index (χ0) is 14.2. The molecule has 1 fully saturated rings. The third-order valence-corrected chi connectivity index (χ3v) is 3.30. The molecule has 0 spiro atoms. The van der Waals surface area contributed by atoms with Crippen LogP contribution >= 0.6 is 0 Å². The summed E-state index contributed by atoms with van der Waals surface area (Å²) in [6.45, 7) is -0.0210. The quantitative estimate of drug-likeness (QED) is 0.896. The van der Waals surface area contributed by atoms with Crippen molar-refractivity contribution < 1.29 is 17.7 Å². The third kappa shape index (κ3) is 1.94. The van der Waals surface area contributed by atoms with Crippen molar-refractivity contribution in [2.75, 3.05) is 13.1 Å². The maximum Gasteiger partial charge on any atom is 0.404 e. The van der Waals surface area contributed by atoms with Crippen molar-refractivity contribution >= 4 is 0 Å². The molecule has 0 radical (unpaired) electrons. The first kappa shape index (κ1) is 13.0. The molecule has 0 saturated carbocycles. The zero-order valence-corrected chi connectivity index (χ0v) is 10.2. The molecule has 0 aromatic carbocycles. The Kier molecular flexibility index (Phi) is 2.93. The van der Waals surface area contributed by atoms with Gasteiger partial charge in [-0.2, -0.15) is 18.2 Å². The summed E-state index contributed by atoms with van der Waals surface area (Å²) in [6, 6.07) is 1.59. The van der Waals surface area contributed by atoms with Crippen LogP contribution in [-0.4, -0.2) is 39.4 Å². The standard InChI is InChI=1S/C11H10F3N5O/c12-11(13,14)10(2-5-15-6-10)9-18-8(19-20-9)7-16-3-1-4-17-7/h1,3-4,15H,2,5-6H2. The van der Waals surface area contributed by atoms with Gasteiger partial charge in [-0.1, -0.05) is 5.16 Å². The summed E-state index contributed by atoms with van der Waals surface area (Å²) in [5.74, 6) is -0.362. The van der Waals surface area contributed by atoms with E-state index in [9.17, 15) is 13.2 Å². The number of rotatable bonds is 2. The summed E-state index contributed by atoms with van der Waals surface area (Å²) in [4.78, 5) is 11.6. The summed E-state index contributed by atoms with van der Waals surface area (Å²) in [5.41, 5.74) is -2.13. The highest BCUT2D eigenvalue weighted by Gasteiger charge is 2.61. The maximum atomic E-state index is 13.3. The van der Waals surface area contributed by atoms with Gasteiger partial charge in [0.2, 0.25) is 17.5 Å². The van der Waals surface area contributed by atoms with Crippen molar-refractivity contribution in [3.63, 3.8) is 0 Å². The third-order valence-electron chi connectivity index (χ3n) is 3.30. The molecule has 1 saturated heterocycles. The van der Waals surface area contributed by atoms with Gasteiger partial charge in [-0.15, -0.1) is 0 Å². The Morgan fingerprint density at radius 2 is 1.95 bits per heavy atom. The van der Waals surface area contributed by atoms with E-state index in [4.69, 9.17) is 4.52 Å². The van der Waals surface area contributed by atoms with Crippen LogP contribution < -0.4 is 5.32 Å². The van der Waals surface area contributed by atoms with Gasteiger partial charge in [-0.25, -0.2) is 9.97 Å². The second-order valence-corrected chi connectivity index (χ2v) is 4.50. The lowest BCUT2D eigenvalue weighted by atomic mass is 9.86. The molecule has 0 bridgehead atoms. The molecule has 9 heteroatoms. The molecule has 106 valence electrons. The van der Waals surface area contributed by atoms with E-state index >= 15 is 0 Å². The molecule has 2 aromatic rings. The number of aromatic nitrogens is 4. The summed E-state index contributed by atoms with van der Waals surface area (Å²) < 4.78 is 44.8. The van der Waals surface area contributed by atoms with E-state index in [1.165, 1.54) is 12.4 Å². The Morgan fingerprint density at radius 3 is 2.55 bits per heavy atom. The minimum atomic E-state index is -4.46. The summed E-state index contributed by atoms with van der Waals surface area (Å²) in [5, 5.41) is 6.24. The highest BCUT2D eigenvalue weighted by Crippen LogP contribution is 2.44. The molecule has 2 aromatic heterocycles. The number of nitrogens with zero attached hydrogens (tertiary/aromatic N) is 4. The van der Waals surface area contributed by atoms with Gasteiger partial charge in [0, 0.05) is 18.9 Å². The second kappa shape index (κ2) is 4.51. The molecular weight excluding hydrogens is 275 g/mol. The van der Waals surface area contributed by atoms with Crippen molar-refractivity contribution in [1.82, 2.24) is 25.4 Å². The van der Waals surface area contributed by atoms with Gasteiger partial charge in [0.25, 0.3) is 0 Å². The van der Waals surface area contributed by atoms with Crippen LogP contribution in [0, 0.1) is 0 Å². The molecule has 0 aliphatic carbocycles. The van der Waals surface area contributed by atoms with Crippen molar-refractivity contribution in [2.24, 2.45) is 0 Å². The first-order valence-corrected chi connectivity index (χ1v) is 5.92. The van der Waals surface area contributed by atoms with Crippen molar-refractivity contribution in [3.05, 3.63) is 24.4 Å². The molecular formula is C11H10F3N5O. The normalized spacial score (nSPS) is 23.1. The molecule has 1 atom stereocenters. The topological polar surface area (TPSA) is 76.7 Å². The number of halogens is 3. The highest BCUT2D eigenvalue weighted by atomic mass is 19.4. The smallest absolute Gasteiger partial charge is 0.338 e. The SMILES string of the molecule is FC(F)(F)C1(c2nc(-c3ncccn3)no2)CCNC1. The summed E-state index contributed by atoms with van der Waals surface area (Å²) in [6.07, 6.45) is -1.68. The number of hydrogen-bond donors (Lipinski definition) is 1. The molecule has 0 amide bonds. The fourth-order valence-electron chi connectivity index (χ4n) is 2.16. The Hall–Kier alpha value is -2.03. The molecule has 1 N–H and O–H groups in total. The van der Waals surface area contributed by atoms with Crippen molar-refractivity contribution in [3.8, 4) is 11.6 Å². The van der Waals surface area contributed by atoms with Crippen LogP contribution in [0.1, 0.15) is 12.3 Å². The molecule has 20 heavy (non-hydrogen) atoms. The molecule has 6 nitrogen and oxygen atoms in total. The fourth-order valence-corrected chi connectivity index (χ4v) is 2.16. The van der Waals surface area contributed by atoms with Crippen LogP contribution in [-0.2, 0) is 5.41 Å². The van der Waals surface area contributed by atoms with Gasteiger partial charge in [0.05, 0.1) is 0 Å². The predicted octanol–water partition coefficient (Wildman–Crippen LogP) is 1.32. The average Bonchev–Trinajstić information content (AvgIpc) is 3.09. The second-order valence-electron chi connectivity index (χ2n) is 4.50. The Bertz CT molecular complexity index is 592. The van der Waals surface area contributed by atoms with Crippen LogP contribution in [0.5, 0.6) is 0 Å². The van der Waals surface area contributed by atoms with Gasteiger partial charge < -0.3 is 9.84 Å². The van der Waals surface area contributed by atoms with E-state index in [-0.39, 0.29) is 31.2 Å². The van der Waals surface area contributed by atoms with Gasteiger partial charge in [0.1, 0.15) is 0 Å². The summed E-state index contributed by atoms with van der Waals surface area (Å²) >= 11 is 0. The molecule has 1 aliphatic heterocycles. The molecule has 1 aliphatic rings. The van der Waals surface area contributed by atoms with E-state index < -0.39 is 17.5 Å². The molecule has 1 unspecified atom stereocenters. The molecule has 3 heterocycles. The van der Waals surface area contributed by atoms with E-state index in [1.807, 2.05) is 0 Å². The Labute approximate surface area is 111 Å². The van der Waals surface area contributed by atoms with Gasteiger partial charge >= 0.3 is 6.18 Å². The lowest BCUT2D eigenvalue weighted by Crippen LogP contribution is -2.44. The largest absolute Gasteiger partial charge is 0.404 e. The van der Waals surface area contributed by atoms with E-state index in [2.05, 4.69) is 25.4 Å². The monoisotopic (exact) mass is 285 g/mol. The maximum absolute atomic E-state index is 13.3. The fraction of sp³-hybridized carbons (Fsp3) is 0.455. The van der Waals surface area contributed by atoms with Crippen molar-refractivity contribution in [2.45, 2.75) is 18.0 Å². The minimum Gasteiger partial charge on any atom is -0.338 e. The van der Waals surface area contributed by atoms with Crippen LogP contribution in [0.2, 0.25) is 0 Å². The molecule has 3 rings (SSSR count). The summed E-state index contributed by atoms with van der Waals surface area (Å²) in [7, 11) is 0. The van der Waals surface area contributed by atoms with Crippen LogP contribution in [0.3, 0.4) is 0 Å². The first-order chi connectivity index (χ1) is 9.53. The minimum absolute atomic E-state index is 0.0453.